The lowest BCUT2D eigenvalue weighted by molar-refractivity contribution is 0.372. The Morgan fingerprint density at radius 2 is 1.84 bits per heavy atom. The van der Waals surface area contributed by atoms with Crippen LogP contribution in [0.25, 0.3) is 11.3 Å². The minimum Gasteiger partial charge on any atom is -0.399 e. The van der Waals surface area contributed by atoms with Gasteiger partial charge in [0.2, 0.25) is 0 Å². The molecular weight excluding hydrogens is 339 g/mol. The zero-order valence-electron chi connectivity index (χ0n) is 13.2. The molecule has 0 aliphatic carbocycles. The summed E-state index contributed by atoms with van der Waals surface area (Å²) in [6.07, 6.45) is 1.14. The van der Waals surface area contributed by atoms with Gasteiger partial charge in [-0.3, -0.25) is 4.57 Å². The van der Waals surface area contributed by atoms with Crippen molar-refractivity contribution < 1.29 is 14.4 Å². The van der Waals surface area contributed by atoms with Crippen molar-refractivity contribution in [3.63, 3.8) is 0 Å². The molecule has 3 aromatic rings. The predicted octanol–water partition coefficient (Wildman–Crippen LogP) is 3.15. The first-order chi connectivity index (χ1) is 11.9. The molecule has 7 nitrogen and oxygen atoms in total. The van der Waals surface area contributed by atoms with Gasteiger partial charge < -0.3 is 20.8 Å². The van der Waals surface area contributed by atoms with Crippen LogP contribution in [0.2, 0.25) is 0 Å². The third-order valence-electron chi connectivity index (χ3n) is 3.44. The molecule has 3 rings (SSSR count). The first-order valence-corrected chi connectivity index (χ1v) is 9.27. The third-order valence-corrected chi connectivity index (χ3v) is 4.21. The number of aromatic nitrogens is 2. The summed E-state index contributed by atoms with van der Waals surface area (Å²) in [5, 5.41) is 3.12. The van der Waals surface area contributed by atoms with Crippen molar-refractivity contribution in [1.82, 2.24) is 9.97 Å². The second-order valence-corrected chi connectivity index (χ2v) is 7.21. The Morgan fingerprint density at radius 3 is 2.60 bits per heavy atom. The average Bonchev–Trinajstić information content (AvgIpc) is 2.54. The number of hydrogen-bond acceptors (Lipinski definition) is 5. The number of nitrogen functional groups attached to an aromatic ring is 1. The van der Waals surface area contributed by atoms with Gasteiger partial charge >= 0.3 is 7.60 Å². The van der Waals surface area contributed by atoms with Gasteiger partial charge in [-0.25, -0.2) is 9.97 Å². The summed E-state index contributed by atoms with van der Waals surface area (Å²) in [5.74, 6) is 0.570. The quantitative estimate of drug-likeness (QED) is 0.409. The second kappa shape index (κ2) is 7.03. The molecule has 25 heavy (non-hydrogen) atoms. The van der Waals surface area contributed by atoms with E-state index in [4.69, 9.17) is 15.5 Å². The molecule has 128 valence electrons. The van der Waals surface area contributed by atoms with Gasteiger partial charge in [-0.2, -0.15) is 0 Å². The van der Waals surface area contributed by atoms with Crippen LogP contribution in [0, 0.1) is 0 Å². The fourth-order valence-electron chi connectivity index (χ4n) is 2.41. The number of hydrogen-bond donors (Lipinski definition) is 4. The Kier molecular flexibility index (Phi) is 4.81. The number of nitrogens with zero attached hydrogens (tertiary/aromatic N) is 2. The summed E-state index contributed by atoms with van der Waals surface area (Å²) in [6, 6.07) is 16.0. The maximum absolute atomic E-state index is 11.1. The highest BCUT2D eigenvalue weighted by molar-refractivity contribution is 7.50. The largest absolute Gasteiger partial charge is 0.399 e. The van der Waals surface area contributed by atoms with E-state index in [0.717, 1.165) is 11.3 Å². The minimum absolute atomic E-state index is 0.305. The van der Waals surface area contributed by atoms with E-state index < -0.39 is 7.60 Å². The van der Waals surface area contributed by atoms with Crippen molar-refractivity contribution in [3.05, 3.63) is 66.5 Å². The van der Waals surface area contributed by atoms with Crippen molar-refractivity contribution in [1.29, 1.82) is 0 Å². The van der Waals surface area contributed by atoms with Crippen molar-refractivity contribution in [2.45, 2.75) is 6.16 Å². The first kappa shape index (κ1) is 17.1. The highest BCUT2D eigenvalue weighted by atomic mass is 31.2. The average molecular weight is 356 g/mol. The lowest BCUT2D eigenvalue weighted by Crippen LogP contribution is -1.97. The van der Waals surface area contributed by atoms with E-state index in [1.165, 1.54) is 6.33 Å². The van der Waals surface area contributed by atoms with Crippen LogP contribution < -0.4 is 11.1 Å². The van der Waals surface area contributed by atoms with Crippen molar-refractivity contribution in [3.8, 4) is 11.3 Å². The maximum Gasteiger partial charge on any atom is 0.329 e. The molecule has 8 heteroatoms. The van der Waals surface area contributed by atoms with Gasteiger partial charge in [0, 0.05) is 23.0 Å². The smallest absolute Gasteiger partial charge is 0.329 e. The Balaban J connectivity index is 1.83. The number of nitrogens with two attached hydrogens (primary N) is 1. The summed E-state index contributed by atoms with van der Waals surface area (Å²) < 4.78 is 11.1. The van der Waals surface area contributed by atoms with E-state index in [9.17, 15) is 4.57 Å². The lowest BCUT2D eigenvalue weighted by Gasteiger charge is -2.10. The van der Waals surface area contributed by atoms with E-state index in [1.807, 2.05) is 18.2 Å². The molecule has 1 heterocycles. The summed E-state index contributed by atoms with van der Waals surface area (Å²) in [4.78, 5) is 26.6. The van der Waals surface area contributed by atoms with Crippen LogP contribution in [0.5, 0.6) is 0 Å². The lowest BCUT2D eigenvalue weighted by atomic mass is 10.1. The highest BCUT2D eigenvalue weighted by Gasteiger charge is 2.14. The molecule has 0 saturated carbocycles. The molecule has 2 aromatic carbocycles. The van der Waals surface area contributed by atoms with Crippen LogP contribution >= 0.6 is 7.60 Å². The molecule has 0 amide bonds. The topological polar surface area (TPSA) is 121 Å². The molecule has 0 unspecified atom stereocenters. The zero-order valence-corrected chi connectivity index (χ0v) is 14.1. The molecule has 0 radical (unpaired) electrons. The number of rotatable bonds is 5. The molecule has 0 aliphatic heterocycles. The predicted molar refractivity (Wildman–Crippen MR) is 97.4 cm³/mol. The fourth-order valence-corrected chi connectivity index (χ4v) is 3.09. The van der Waals surface area contributed by atoms with E-state index >= 15 is 0 Å². The maximum atomic E-state index is 11.1. The van der Waals surface area contributed by atoms with Crippen molar-refractivity contribution in [2.24, 2.45) is 0 Å². The molecule has 0 aliphatic rings. The molecule has 0 spiro atoms. The number of anilines is 3. The summed E-state index contributed by atoms with van der Waals surface area (Å²) >= 11 is 0. The van der Waals surface area contributed by atoms with Gasteiger partial charge in [0.1, 0.15) is 12.1 Å². The van der Waals surface area contributed by atoms with E-state index in [0.29, 0.717) is 22.8 Å². The van der Waals surface area contributed by atoms with Crippen LogP contribution in [0.15, 0.2) is 60.9 Å². The molecule has 5 N–H and O–H groups in total. The van der Waals surface area contributed by atoms with E-state index in [2.05, 4.69) is 15.3 Å². The Morgan fingerprint density at radius 1 is 1.04 bits per heavy atom. The zero-order chi connectivity index (χ0) is 17.9. The molecule has 0 fully saturated rings. The van der Waals surface area contributed by atoms with Gasteiger partial charge in [0.15, 0.2) is 0 Å². The van der Waals surface area contributed by atoms with Crippen LogP contribution in [0.3, 0.4) is 0 Å². The Bertz CT molecular complexity index is 942. The van der Waals surface area contributed by atoms with Gasteiger partial charge in [-0.05, 0) is 29.8 Å². The highest BCUT2D eigenvalue weighted by Crippen LogP contribution is 2.39. The van der Waals surface area contributed by atoms with E-state index in [1.54, 1.807) is 36.4 Å². The molecular formula is C17H17N4O3P. The third kappa shape index (κ3) is 4.87. The Hall–Kier alpha value is -2.73. The Labute approximate surface area is 144 Å². The SMILES string of the molecule is Nc1cccc(-c2cc(Nc3cccc(CP(=O)(O)O)c3)ncn2)c1. The summed E-state index contributed by atoms with van der Waals surface area (Å²) in [7, 11) is -4.11. The van der Waals surface area contributed by atoms with Gasteiger partial charge in [0.05, 0.1) is 11.9 Å². The molecule has 1 aromatic heterocycles. The first-order valence-electron chi connectivity index (χ1n) is 7.47. The number of nitrogens with one attached hydrogen (secondary N) is 1. The molecule has 0 saturated heterocycles. The monoisotopic (exact) mass is 356 g/mol. The van der Waals surface area contributed by atoms with Crippen LogP contribution in [-0.2, 0) is 10.7 Å². The normalized spacial score (nSPS) is 11.3. The fraction of sp³-hybridized carbons (Fsp3) is 0.0588. The van der Waals surface area contributed by atoms with Gasteiger partial charge in [0.25, 0.3) is 0 Å². The van der Waals surface area contributed by atoms with Crippen LogP contribution in [-0.4, -0.2) is 19.8 Å². The van der Waals surface area contributed by atoms with Crippen molar-refractivity contribution >= 4 is 24.8 Å². The summed E-state index contributed by atoms with van der Waals surface area (Å²) in [5.41, 5.74) is 9.27. The minimum atomic E-state index is -4.11. The molecule has 0 bridgehead atoms. The van der Waals surface area contributed by atoms with Gasteiger partial charge in [-0.15, -0.1) is 0 Å². The number of benzene rings is 2. The van der Waals surface area contributed by atoms with E-state index in [-0.39, 0.29) is 6.16 Å². The van der Waals surface area contributed by atoms with Crippen LogP contribution in [0.1, 0.15) is 5.56 Å². The van der Waals surface area contributed by atoms with Crippen molar-refractivity contribution in [2.75, 3.05) is 11.1 Å². The molecule has 0 atom stereocenters. The van der Waals surface area contributed by atoms with Crippen LogP contribution in [0.4, 0.5) is 17.2 Å². The van der Waals surface area contributed by atoms with Gasteiger partial charge in [-0.1, -0.05) is 24.3 Å². The summed E-state index contributed by atoms with van der Waals surface area (Å²) in [6.45, 7) is 0. The second-order valence-electron chi connectivity index (χ2n) is 5.56. The standard InChI is InChI=1S/C17H17N4O3P/c18-14-5-2-4-13(8-14)16-9-17(20-11-19-16)21-15-6-1-3-12(7-15)10-25(22,23)24/h1-9,11H,10,18H2,(H,19,20,21)(H2,22,23,24).